The fourth-order valence-corrected chi connectivity index (χ4v) is 4.43. The van der Waals surface area contributed by atoms with Crippen molar-refractivity contribution in [3.05, 3.63) is 84.3 Å². The second-order valence-corrected chi connectivity index (χ2v) is 8.00. The zero-order chi connectivity index (χ0) is 21.8. The lowest BCUT2D eigenvalue weighted by Crippen LogP contribution is -2.33. The van der Waals surface area contributed by atoms with Gasteiger partial charge in [0.1, 0.15) is 10.7 Å². The third-order valence-corrected chi connectivity index (χ3v) is 6.02. The van der Waals surface area contributed by atoms with Gasteiger partial charge in [-0.1, -0.05) is 48.9 Å². The van der Waals surface area contributed by atoms with Gasteiger partial charge in [-0.25, -0.2) is 0 Å². The predicted molar refractivity (Wildman–Crippen MR) is 121 cm³/mol. The minimum Gasteiger partial charge on any atom is -0.354 e. The van der Waals surface area contributed by atoms with Gasteiger partial charge < -0.3 is 5.32 Å². The van der Waals surface area contributed by atoms with Gasteiger partial charge in [0.2, 0.25) is 0 Å². The molecule has 5 nitrogen and oxygen atoms in total. The maximum atomic E-state index is 13.5. The van der Waals surface area contributed by atoms with Gasteiger partial charge in [-0.3, -0.25) is 14.2 Å². The zero-order valence-corrected chi connectivity index (χ0v) is 18.3. The van der Waals surface area contributed by atoms with Crippen molar-refractivity contribution < 1.29 is 4.79 Å². The Bertz CT molecular complexity index is 1340. The molecule has 3 aromatic rings. The van der Waals surface area contributed by atoms with Crippen molar-refractivity contribution in [1.82, 2.24) is 9.88 Å². The van der Waals surface area contributed by atoms with Gasteiger partial charge in [0, 0.05) is 7.05 Å². The fraction of sp³-hybridized carbons (Fsp3) is 0.208. The molecule has 1 N–H and O–H groups in total. The van der Waals surface area contributed by atoms with E-state index in [9.17, 15) is 14.9 Å². The van der Waals surface area contributed by atoms with E-state index in [-0.39, 0.29) is 11.1 Å². The highest BCUT2D eigenvalue weighted by molar-refractivity contribution is 7.07. The molecule has 0 aliphatic heterocycles. The average molecular weight is 418 g/mol. The summed E-state index contributed by atoms with van der Waals surface area (Å²) in [6.07, 6.45) is 2.55. The number of aromatic nitrogens is 1. The van der Waals surface area contributed by atoms with E-state index in [4.69, 9.17) is 0 Å². The molecule has 1 amide bonds. The Labute approximate surface area is 179 Å². The van der Waals surface area contributed by atoms with Crippen LogP contribution < -0.4 is 20.1 Å². The largest absolute Gasteiger partial charge is 0.354 e. The lowest BCUT2D eigenvalue weighted by Gasteiger charge is -2.08. The van der Waals surface area contributed by atoms with Gasteiger partial charge in [-0.15, -0.1) is 11.3 Å². The van der Waals surface area contributed by atoms with Crippen LogP contribution in [0.1, 0.15) is 29.2 Å². The van der Waals surface area contributed by atoms with Gasteiger partial charge in [0.25, 0.3) is 11.5 Å². The molecule has 0 atom stereocenters. The Morgan fingerprint density at radius 2 is 1.97 bits per heavy atom. The molecule has 30 heavy (non-hydrogen) atoms. The van der Waals surface area contributed by atoms with E-state index in [1.807, 2.05) is 69.3 Å². The molecule has 0 aliphatic carbocycles. The van der Waals surface area contributed by atoms with Gasteiger partial charge in [-0.05, 0) is 49.1 Å². The Morgan fingerprint density at radius 3 is 2.60 bits per heavy atom. The quantitative estimate of drug-likeness (QED) is 0.708. The van der Waals surface area contributed by atoms with E-state index in [1.165, 1.54) is 11.6 Å². The van der Waals surface area contributed by atoms with Crippen LogP contribution in [0.15, 0.2) is 47.3 Å². The number of benzene rings is 2. The first-order chi connectivity index (χ1) is 14.4. The SMILES string of the molecule is CCc1ccccc1-n1c(=O)/c(=C\c2ccc(C)cc2C)s/c1=C(/C#N)C(=O)NC. The van der Waals surface area contributed by atoms with Crippen molar-refractivity contribution in [3.8, 4) is 11.8 Å². The standard InChI is InChI=1S/C24H23N3O2S/c1-5-17-8-6-7-9-20(17)27-23(29)21(13-18-11-10-15(2)12-16(18)3)30-24(27)19(14-25)22(28)26-4/h6-13H,5H2,1-4H3,(H,26,28)/b21-13+,24-19-. The number of rotatable bonds is 4. The first-order valence-corrected chi connectivity index (χ1v) is 10.5. The van der Waals surface area contributed by atoms with Crippen LogP contribution in [0.25, 0.3) is 17.3 Å². The van der Waals surface area contributed by atoms with Gasteiger partial charge in [0.15, 0.2) is 5.57 Å². The first kappa shape index (κ1) is 21.3. The van der Waals surface area contributed by atoms with Crippen LogP contribution in [0.2, 0.25) is 0 Å². The molecular weight excluding hydrogens is 394 g/mol. The minimum absolute atomic E-state index is 0.0780. The summed E-state index contributed by atoms with van der Waals surface area (Å²) in [6, 6.07) is 15.6. The van der Waals surface area contributed by atoms with Gasteiger partial charge in [-0.2, -0.15) is 5.26 Å². The van der Waals surface area contributed by atoms with Crippen molar-refractivity contribution in [3.63, 3.8) is 0 Å². The molecule has 0 saturated heterocycles. The summed E-state index contributed by atoms with van der Waals surface area (Å²) in [5.41, 5.74) is 4.46. The normalized spacial score (nSPS) is 12.4. The predicted octanol–water partition coefficient (Wildman–Crippen LogP) is 2.33. The molecule has 152 valence electrons. The lowest BCUT2D eigenvalue weighted by atomic mass is 10.1. The molecule has 0 saturated carbocycles. The van der Waals surface area contributed by atoms with E-state index in [0.717, 1.165) is 40.0 Å². The summed E-state index contributed by atoms with van der Waals surface area (Å²) < 4.78 is 2.30. The third kappa shape index (κ3) is 3.98. The van der Waals surface area contributed by atoms with Crippen molar-refractivity contribution in [1.29, 1.82) is 5.26 Å². The average Bonchev–Trinajstić information content (AvgIpc) is 3.05. The number of nitrogens with one attached hydrogen (secondary N) is 1. The van der Waals surface area contributed by atoms with Crippen LogP contribution in [-0.4, -0.2) is 17.5 Å². The Morgan fingerprint density at radius 1 is 1.23 bits per heavy atom. The van der Waals surface area contributed by atoms with Crippen molar-refractivity contribution in [2.24, 2.45) is 0 Å². The highest BCUT2D eigenvalue weighted by Crippen LogP contribution is 2.13. The highest BCUT2D eigenvalue weighted by atomic mass is 32.1. The molecular formula is C24H23N3O2S. The van der Waals surface area contributed by atoms with E-state index in [1.54, 1.807) is 0 Å². The maximum absolute atomic E-state index is 13.5. The van der Waals surface area contributed by atoms with Crippen LogP contribution in [-0.2, 0) is 11.2 Å². The van der Waals surface area contributed by atoms with Crippen molar-refractivity contribution in [2.75, 3.05) is 7.05 Å². The molecule has 0 bridgehead atoms. The Hall–Kier alpha value is -3.43. The number of nitriles is 1. The second kappa shape index (κ2) is 8.93. The number of carbonyl (C=O) groups excluding carboxylic acids is 1. The van der Waals surface area contributed by atoms with Gasteiger partial charge >= 0.3 is 0 Å². The van der Waals surface area contributed by atoms with Crippen LogP contribution in [0.4, 0.5) is 0 Å². The first-order valence-electron chi connectivity index (χ1n) is 9.66. The van der Waals surface area contributed by atoms with Gasteiger partial charge in [0.05, 0.1) is 10.2 Å². The molecule has 2 aromatic carbocycles. The number of hydrogen-bond donors (Lipinski definition) is 1. The second-order valence-electron chi connectivity index (χ2n) is 6.96. The fourth-order valence-electron chi connectivity index (χ4n) is 3.35. The summed E-state index contributed by atoms with van der Waals surface area (Å²) >= 11 is 1.16. The van der Waals surface area contributed by atoms with E-state index >= 15 is 0 Å². The summed E-state index contributed by atoms with van der Waals surface area (Å²) in [4.78, 5) is 25.8. The third-order valence-electron chi connectivity index (χ3n) is 4.93. The number of carbonyl (C=O) groups is 1. The number of aryl methyl sites for hydroxylation is 3. The van der Waals surface area contributed by atoms with E-state index in [2.05, 4.69) is 11.4 Å². The summed E-state index contributed by atoms with van der Waals surface area (Å²) in [5, 5.41) is 12.2. The Balaban J connectivity index is 2.47. The van der Waals surface area contributed by atoms with E-state index in [0.29, 0.717) is 14.9 Å². The molecule has 0 fully saturated rings. The summed E-state index contributed by atoms with van der Waals surface area (Å²) in [5.74, 6) is -0.514. The topological polar surface area (TPSA) is 74.9 Å². The van der Waals surface area contributed by atoms with Crippen molar-refractivity contribution >= 4 is 28.9 Å². The molecule has 0 unspecified atom stereocenters. The zero-order valence-electron chi connectivity index (χ0n) is 17.4. The number of para-hydroxylation sites is 1. The molecule has 6 heteroatoms. The maximum Gasteiger partial charge on any atom is 0.273 e. The number of nitrogens with zero attached hydrogens (tertiary/aromatic N) is 2. The van der Waals surface area contributed by atoms with E-state index < -0.39 is 5.91 Å². The molecule has 1 aromatic heterocycles. The van der Waals surface area contributed by atoms with Crippen molar-refractivity contribution in [2.45, 2.75) is 27.2 Å². The molecule has 0 radical (unpaired) electrons. The number of hydrogen-bond acceptors (Lipinski definition) is 4. The minimum atomic E-state index is -0.514. The highest BCUT2D eigenvalue weighted by Gasteiger charge is 2.17. The number of thiazole rings is 1. The lowest BCUT2D eigenvalue weighted by molar-refractivity contribution is -0.115. The molecule has 0 spiro atoms. The number of amides is 1. The van der Waals surface area contributed by atoms with Crippen LogP contribution >= 0.6 is 11.3 Å². The molecule has 0 aliphatic rings. The molecule has 3 rings (SSSR count). The molecule has 1 heterocycles. The smallest absolute Gasteiger partial charge is 0.273 e. The summed E-state index contributed by atoms with van der Waals surface area (Å²) in [6.45, 7) is 6.02. The Kier molecular flexibility index (Phi) is 6.34. The monoisotopic (exact) mass is 417 g/mol. The van der Waals surface area contributed by atoms with Crippen LogP contribution in [0.3, 0.4) is 0 Å². The van der Waals surface area contributed by atoms with Crippen LogP contribution in [0, 0.1) is 25.2 Å². The van der Waals surface area contributed by atoms with Crippen LogP contribution in [0.5, 0.6) is 0 Å². The summed E-state index contributed by atoms with van der Waals surface area (Å²) in [7, 11) is 1.47.